The number of nitrogens with zero attached hydrogens (tertiary/aromatic N) is 1. The average molecular weight is 307 g/mol. The van der Waals surface area contributed by atoms with Crippen molar-refractivity contribution in [3.8, 4) is 6.07 Å². The molecule has 2 rings (SSSR count). The minimum Gasteiger partial charge on any atom is -0.348 e. The van der Waals surface area contributed by atoms with Crippen molar-refractivity contribution in [2.75, 3.05) is 5.32 Å². The van der Waals surface area contributed by atoms with Gasteiger partial charge in [0, 0.05) is 17.8 Å². The molecule has 0 radical (unpaired) electrons. The number of nitriles is 1. The van der Waals surface area contributed by atoms with Crippen molar-refractivity contribution in [1.82, 2.24) is 5.32 Å². The fourth-order valence-electron chi connectivity index (χ4n) is 2.05. The summed E-state index contributed by atoms with van der Waals surface area (Å²) in [6.07, 6.45) is -0.204. The topological polar surface area (TPSA) is 82.0 Å². The molecule has 0 unspecified atom stereocenters. The highest BCUT2D eigenvalue weighted by molar-refractivity contribution is 5.95. The zero-order chi connectivity index (χ0) is 16.7. The van der Waals surface area contributed by atoms with Crippen LogP contribution < -0.4 is 10.6 Å². The molecule has 2 amide bonds. The predicted octanol–water partition coefficient (Wildman–Crippen LogP) is 2.78. The van der Waals surface area contributed by atoms with Gasteiger partial charge in [0.1, 0.15) is 6.42 Å². The third-order valence-electron chi connectivity index (χ3n) is 3.28. The van der Waals surface area contributed by atoms with Crippen molar-refractivity contribution >= 4 is 17.5 Å². The molecule has 2 N–H and O–H groups in total. The monoisotopic (exact) mass is 307 g/mol. The molecule has 0 saturated heterocycles. The second kappa shape index (κ2) is 7.76. The van der Waals surface area contributed by atoms with Crippen LogP contribution in [-0.2, 0) is 11.3 Å². The first-order valence-electron chi connectivity index (χ1n) is 7.19. The summed E-state index contributed by atoms with van der Waals surface area (Å²) in [5.74, 6) is -0.548. The Morgan fingerprint density at radius 1 is 1.09 bits per heavy atom. The van der Waals surface area contributed by atoms with E-state index in [2.05, 4.69) is 10.6 Å². The number of benzene rings is 2. The number of aryl methyl sites for hydroxylation is 1. The summed E-state index contributed by atoms with van der Waals surface area (Å²) in [7, 11) is 0. The SMILES string of the molecule is Cc1ccc(C(=O)NCc2ccccc2NC(=O)CC#N)cc1. The Kier molecular flexibility index (Phi) is 5.48. The first-order valence-corrected chi connectivity index (χ1v) is 7.19. The molecule has 0 heterocycles. The molecule has 0 spiro atoms. The second-order valence-electron chi connectivity index (χ2n) is 5.09. The Balaban J connectivity index is 2.03. The maximum Gasteiger partial charge on any atom is 0.251 e. The van der Waals surface area contributed by atoms with Gasteiger partial charge in [0.05, 0.1) is 6.07 Å². The van der Waals surface area contributed by atoms with Crippen LogP contribution in [0.1, 0.15) is 27.9 Å². The zero-order valence-electron chi connectivity index (χ0n) is 12.8. The summed E-state index contributed by atoms with van der Waals surface area (Å²) in [4.78, 5) is 23.7. The molecule has 0 aliphatic heterocycles. The van der Waals surface area contributed by atoms with Crippen LogP contribution in [0.4, 0.5) is 5.69 Å². The van der Waals surface area contributed by atoms with Gasteiger partial charge in [-0.3, -0.25) is 9.59 Å². The first kappa shape index (κ1) is 16.2. The zero-order valence-corrected chi connectivity index (χ0v) is 12.8. The van der Waals surface area contributed by atoms with E-state index in [9.17, 15) is 9.59 Å². The van der Waals surface area contributed by atoms with Gasteiger partial charge in [-0.25, -0.2) is 0 Å². The highest BCUT2D eigenvalue weighted by Gasteiger charge is 2.09. The van der Waals surface area contributed by atoms with Gasteiger partial charge < -0.3 is 10.6 Å². The second-order valence-corrected chi connectivity index (χ2v) is 5.09. The lowest BCUT2D eigenvalue weighted by molar-refractivity contribution is -0.115. The maximum absolute atomic E-state index is 12.1. The van der Waals surface area contributed by atoms with Gasteiger partial charge in [0.2, 0.25) is 5.91 Å². The number of carbonyl (C=O) groups excluding carboxylic acids is 2. The van der Waals surface area contributed by atoms with E-state index in [4.69, 9.17) is 5.26 Å². The van der Waals surface area contributed by atoms with Crippen LogP contribution >= 0.6 is 0 Å². The van der Waals surface area contributed by atoms with Crippen LogP contribution in [0.25, 0.3) is 0 Å². The van der Waals surface area contributed by atoms with Gasteiger partial charge in [0.25, 0.3) is 5.91 Å². The molecule has 0 atom stereocenters. The quantitative estimate of drug-likeness (QED) is 0.891. The molecule has 23 heavy (non-hydrogen) atoms. The molecule has 5 heteroatoms. The number of amides is 2. The van der Waals surface area contributed by atoms with E-state index in [1.54, 1.807) is 30.3 Å². The molecule has 0 fully saturated rings. The summed E-state index contributed by atoms with van der Waals surface area (Å²) in [6.45, 7) is 2.25. The summed E-state index contributed by atoms with van der Waals surface area (Å²) < 4.78 is 0. The predicted molar refractivity (Wildman–Crippen MR) is 87.7 cm³/mol. The van der Waals surface area contributed by atoms with Crippen LogP contribution in [0, 0.1) is 18.3 Å². The number of carbonyl (C=O) groups is 2. The lowest BCUT2D eigenvalue weighted by atomic mass is 10.1. The first-order chi connectivity index (χ1) is 11.1. The Morgan fingerprint density at radius 3 is 2.48 bits per heavy atom. The maximum atomic E-state index is 12.1. The van der Waals surface area contributed by atoms with Crippen LogP contribution in [0.5, 0.6) is 0 Å². The lowest BCUT2D eigenvalue weighted by Crippen LogP contribution is -2.23. The number of hydrogen-bond donors (Lipinski definition) is 2. The number of anilines is 1. The Hall–Kier alpha value is -3.13. The highest BCUT2D eigenvalue weighted by atomic mass is 16.2. The van der Waals surface area contributed by atoms with Crippen molar-refractivity contribution in [1.29, 1.82) is 5.26 Å². The summed E-state index contributed by atoms with van der Waals surface area (Å²) in [5.41, 5.74) is 3.05. The van der Waals surface area contributed by atoms with Crippen molar-refractivity contribution in [3.05, 3.63) is 65.2 Å². The summed E-state index contributed by atoms with van der Waals surface area (Å²) in [6, 6.07) is 16.3. The summed E-state index contributed by atoms with van der Waals surface area (Å²) >= 11 is 0. The van der Waals surface area contributed by atoms with Gasteiger partial charge >= 0.3 is 0 Å². The minimum atomic E-state index is -0.371. The molecule has 0 aromatic heterocycles. The molecule has 5 nitrogen and oxygen atoms in total. The third-order valence-corrected chi connectivity index (χ3v) is 3.28. The highest BCUT2D eigenvalue weighted by Crippen LogP contribution is 2.15. The fourth-order valence-corrected chi connectivity index (χ4v) is 2.05. The van der Waals surface area contributed by atoms with E-state index >= 15 is 0 Å². The minimum absolute atomic E-state index is 0.178. The van der Waals surface area contributed by atoms with Gasteiger partial charge in [0.15, 0.2) is 0 Å². The van der Waals surface area contributed by atoms with Crippen LogP contribution in [-0.4, -0.2) is 11.8 Å². The molecule has 0 bridgehead atoms. The molecule has 2 aromatic rings. The van der Waals surface area contributed by atoms with Crippen LogP contribution in [0.15, 0.2) is 48.5 Å². The van der Waals surface area contributed by atoms with E-state index in [1.165, 1.54) is 0 Å². The molecule has 0 aliphatic rings. The van der Waals surface area contributed by atoms with Gasteiger partial charge in [-0.05, 0) is 30.7 Å². The molecular weight excluding hydrogens is 290 g/mol. The standard InChI is InChI=1S/C18H17N3O2/c1-13-6-8-14(9-7-13)18(23)20-12-15-4-2-3-5-16(15)21-17(22)10-11-19/h2-9H,10,12H2,1H3,(H,20,23)(H,21,22). The number of para-hydroxylation sites is 1. The van der Waals surface area contributed by atoms with E-state index in [0.29, 0.717) is 11.3 Å². The normalized spacial score (nSPS) is 9.74. The molecule has 0 saturated carbocycles. The molecule has 2 aromatic carbocycles. The van der Waals surface area contributed by atoms with Crippen LogP contribution in [0.3, 0.4) is 0 Å². The molecule has 116 valence electrons. The fraction of sp³-hybridized carbons (Fsp3) is 0.167. The van der Waals surface area contributed by atoms with E-state index in [0.717, 1.165) is 11.1 Å². The summed E-state index contributed by atoms with van der Waals surface area (Å²) in [5, 5.41) is 14.0. The van der Waals surface area contributed by atoms with Crippen molar-refractivity contribution in [2.24, 2.45) is 0 Å². The smallest absolute Gasteiger partial charge is 0.251 e. The Morgan fingerprint density at radius 2 is 1.78 bits per heavy atom. The Labute approximate surface area is 134 Å². The average Bonchev–Trinajstić information content (AvgIpc) is 2.54. The van der Waals surface area contributed by atoms with Gasteiger partial charge in [-0.1, -0.05) is 35.9 Å². The Bertz CT molecular complexity index is 746. The van der Waals surface area contributed by atoms with Crippen molar-refractivity contribution in [2.45, 2.75) is 19.9 Å². The number of hydrogen-bond acceptors (Lipinski definition) is 3. The molecule has 0 aliphatic carbocycles. The van der Waals surface area contributed by atoms with Gasteiger partial charge in [-0.2, -0.15) is 5.26 Å². The largest absolute Gasteiger partial charge is 0.348 e. The van der Waals surface area contributed by atoms with Crippen LogP contribution in [0.2, 0.25) is 0 Å². The van der Waals surface area contributed by atoms with Crippen molar-refractivity contribution < 1.29 is 9.59 Å². The third kappa shape index (κ3) is 4.68. The number of nitrogens with one attached hydrogen (secondary N) is 2. The lowest BCUT2D eigenvalue weighted by Gasteiger charge is -2.11. The number of rotatable bonds is 5. The van der Waals surface area contributed by atoms with Gasteiger partial charge in [-0.15, -0.1) is 0 Å². The molecular formula is C18H17N3O2. The van der Waals surface area contributed by atoms with E-state index in [1.807, 2.05) is 31.2 Å². The van der Waals surface area contributed by atoms with E-state index < -0.39 is 0 Å². The van der Waals surface area contributed by atoms with Crippen molar-refractivity contribution in [3.63, 3.8) is 0 Å². The van der Waals surface area contributed by atoms with E-state index in [-0.39, 0.29) is 24.8 Å².